The number of hydrogen-bond acceptors (Lipinski definition) is 4. The van der Waals surface area contributed by atoms with E-state index >= 15 is 0 Å². The Kier molecular flexibility index (Phi) is 3.83. The molecule has 0 atom stereocenters. The lowest BCUT2D eigenvalue weighted by Gasteiger charge is -2.09. The Bertz CT molecular complexity index is 446. The molecule has 0 aromatic heterocycles. The van der Waals surface area contributed by atoms with Crippen molar-refractivity contribution in [2.75, 3.05) is 7.11 Å². The van der Waals surface area contributed by atoms with E-state index in [1.165, 1.54) is 38.3 Å². The van der Waals surface area contributed by atoms with Crippen LogP contribution in [0.1, 0.15) is 12.5 Å². The molecule has 0 heterocycles. The summed E-state index contributed by atoms with van der Waals surface area (Å²) < 4.78 is 5.03. The van der Waals surface area contributed by atoms with E-state index in [1.807, 2.05) is 0 Å². The van der Waals surface area contributed by atoms with Crippen molar-refractivity contribution in [1.82, 2.24) is 0 Å². The molecule has 0 amide bonds. The Morgan fingerprint density at radius 1 is 1.44 bits per heavy atom. The Morgan fingerprint density at radius 2 is 2.12 bits per heavy atom. The maximum Gasteiger partial charge on any atom is 0.160 e. The maximum atomic E-state index is 11.3. The highest BCUT2D eigenvalue weighted by Crippen LogP contribution is 2.29. The molecule has 1 aromatic carbocycles. The van der Waals surface area contributed by atoms with Gasteiger partial charge in [-0.05, 0) is 25.1 Å². The summed E-state index contributed by atoms with van der Waals surface area (Å²) >= 11 is 0. The number of allylic oxidation sites excluding steroid dienone is 2. The van der Waals surface area contributed by atoms with Gasteiger partial charge in [-0.15, -0.1) is 0 Å². The fourth-order valence-corrected chi connectivity index (χ4v) is 1.37. The van der Waals surface area contributed by atoms with E-state index in [0.717, 1.165) is 0 Å². The molecule has 0 saturated heterocycles. The van der Waals surface area contributed by atoms with Crippen molar-refractivity contribution in [2.24, 2.45) is 0 Å². The average Bonchev–Trinajstić information content (AvgIpc) is 2.26. The first-order valence-electron chi connectivity index (χ1n) is 4.64. The molecule has 0 unspecified atom stereocenters. The van der Waals surface area contributed by atoms with Crippen molar-refractivity contribution in [2.45, 2.75) is 6.92 Å². The SMILES string of the molecule is COc1cc(O)ccc1/C(=C\C=O)C(C)=O. The Morgan fingerprint density at radius 3 is 2.62 bits per heavy atom. The number of carbonyl (C=O) groups is 2. The van der Waals surface area contributed by atoms with Gasteiger partial charge in [-0.3, -0.25) is 9.59 Å². The van der Waals surface area contributed by atoms with Crippen molar-refractivity contribution < 1.29 is 19.4 Å². The summed E-state index contributed by atoms with van der Waals surface area (Å²) in [6, 6.07) is 4.35. The molecular weight excluding hydrogens is 208 g/mol. The first kappa shape index (κ1) is 12.0. The molecule has 4 nitrogen and oxygen atoms in total. The summed E-state index contributed by atoms with van der Waals surface area (Å²) in [7, 11) is 1.43. The number of aldehydes is 1. The third-order valence-electron chi connectivity index (χ3n) is 2.09. The second-order valence-corrected chi connectivity index (χ2v) is 3.16. The van der Waals surface area contributed by atoms with Crippen molar-refractivity contribution in [1.29, 1.82) is 0 Å². The van der Waals surface area contributed by atoms with Crippen LogP contribution in [0.2, 0.25) is 0 Å². The fraction of sp³-hybridized carbons (Fsp3) is 0.167. The minimum absolute atomic E-state index is 0.0367. The summed E-state index contributed by atoms with van der Waals surface area (Å²) in [6.45, 7) is 1.36. The first-order chi connectivity index (χ1) is 7.60. The van der Waals surface area contributed by atoms with Crippen LogP contribution in [0.3, 0.4) is 0 Å². The van der Waals surface area contributed by atoms with Crippen LogP contribution >= 0.6 is 0 Å². The van der Waals surface area contributed by atoms with Gasteiger partial charge in [-0.2, -0.15) is 0 Å². The van der Waals surface area contributed by atoms with Crippen LogP contribution in [0, 0.1) is 0 Å². The molecule has 84 valence electrons. The quantitative estimate of drug-likeness (QED) is 0.618. The lowest BCUT2D eigenvalue weighted by atomic mass is 10.0. The average molecular weight is 220 g/mol. The van der Waals surface area contributed by atoms with E-state index in [0.29, 0.717) is 17.6 Å². The normalized spacial score (nSPS) is 11.0. The third-order valence-corrected chi connectivity index (χ3v) is 2.09. The number of carbonyl (C=O) groups excluding carboxylic acids is 2. The molecule has 0 aliphatic rings. The van der Waals surface area contributed by atoms with Crippen molar-refractivity contribution in [3.05, 3.63) is 29.8 Å². The number of phenolic OH excluding ortho intramolecular Hbond substituents is 1. The zero-order valence-corrected chi connectivity index (χ0v) is 9.06. The highest BCUT2D eigenvalue weighted by Gasteiger charge is 2.12. The zero-order valence-electron chi connectivity index (χ0n) is 9.06. The molecule has 1 N–H and O–H groups in total. The first-order valence-corrected chi connectivity index (χ1v) is 4.64. The van der Waals surface area contributed by atoms with Crippen molar-refractivity contribution in [3.8, 4) is 11.5 Å². The molecular formula is C12H12O4. The largest absolute Gasteiger partial charge is 0.508 e. The monoisotopic (exact) mass is 220 g/mol. The molecule has 4 heteroatoms. The lowest BCUT2D eigenvalue weighted by molar-refractivity contribution is -0.112. The van der Waals surface area contributed by atoms with Gasteiger partial charge in [-0.1, -0.05) is 0 Å². The highest BCUT2D eigenvalue weighted by molar-refractivity contribution is 6.22. The van der Waals surface area contributed by atoms with Crippen molar-refractivity contribution in [3.63, 3.8) is 0 Å². The summed E-state index contributed by atoms with van der Waals surface area (Å²) in [5.41, 5.74) is 0.742. The van der Waals surface area contributed by atoms with Crippen LogP contribution in [-0.2, 0) is 9.59 Å². The van der Waals surface area contributed by atoms with Crippen LogP contribution in [0.4, 0.5) is 0 Å². The number of hydrogen-bond donors (Lipinski definition) is 1. The second kappa shape index (κ2) is 5.11. The zero-order chi connectivity index (χ0) is 12.1. The number of ether oxygens (including phenoxy) is 1. The number of phenols is 1. The van der Waals surface area contributed by atoms with Crippen LogP contribution in [0.25, 0.3) is 5.57 Å². The second-order valence-electron chi connectivity index (χ2n) is 3.16. The lowest BCUT2D eigenvalue weighted by Crippen LogP contribution is -1.99. The van der Waals surface area contributed by atoms with Gasteiger partial charge in [0.05, 0.1) is 7.11 Å². The number of methoxy groups -OCH3 is 1. The van der Waals surface area contributed by atoms with E-state index in [4.69, 9.17) is 4.74 Å². The topological polar surface area (TPSA) is 63.6 Å². The summed E-state index contributed by atoms with van der Waals surface area (Å²) in [5.74, 6) is 0.147. The van der Waals surface area contributed by atoms with Crippen LogP contribution in [0.15, 0.2) is 24.3 Å². The van der Waals surface area contributed by atoms with Gasteiger partial charge in [0.25, 0.3) is 0 Å². The molecule has 0 bridgehead atoms. The number of Topliss-reactive ketones (excluding diaryl/α,β-unsaturated/α-hetero) is 1. The van der Waals surface area contributed by atoms with Crippen LogP contribution in [0.5, 0.6) is 11.5 Å². The standard InChI is InChI=1S/C12H12O4/c1-8(14)10(5-6-13)11-4-3-9(15)7-12(11)16-2/h3-7,15H,1-2H3/b10-5-. The summed E-state index contributed by atoms with van der Waals surface area (Å²) in [5, 5.41) is 9.26. The molecule has 16 heavy (non-hydrogen) atoms. The Hall–Kier alpha value is -2.10. The molecule has 0 aliphatic heterocycles. The number of ketones is 1. The van der Waals surface area contributed by atoms with Gasteiger partial charge in [-0.25, -0.2) is 0 Å². The molecule has 0 radical (unpaired) electrons. The number of aromatic hydroxyl groups is 1. The molecule has 0 fully saturated rings. The van der Waals surface area contributed by atoms with Gasteiger partial charge in [0.15, 0.2) is 5.78 Å². The van der Waals surface area contributed by atoms with Gasteiger partial charge < -0.3 is 9.84 Å². The van der Waals surface area contributed by atoms with Gasteiger partial charge in [0, 0.05) is 17.2 Å². The number of benzene rings is 1. The van der Waals surface area contributed by atoms with E-state index in [2.05, 4.69) is 0 Å². The third kappa shape index (κ3) is 2.48. The molecule has 0 saturated carbocycles. The molecule has 0 aliphatic carbocycles. The Labute approximate surface area is 93.2 Å². The molecule has 1 aromatic rings. The summed E-state index contributed by atoms with van der Waals surface area (Å²) in [6.07, 6.45) is 1.72. The molecule has 1 rings (SSSR count). The van der Waals surface area contributed by atoms with Gasteiger partial charge in [0.2, 0.25) is 0 Å². The fourth-order valence-electron chi connectivity index (χ4n) is 1.37. The highest BCUT2D eigenvalue weighted by atomic mass is 16.5. The van der Waals surface area contributed by atoms with Crippen molar-refractivity contribution >= 4 is 17.6 Å². The van der Waals surface area contributed by atoms with E-state index in [9.17, 15) is 14.7 Å². The Balaban J connectivity index is 3.35. The summed E-state index contributed by atoms with van der Waals surface area (Å²) in [4.78, 5) is 21.8. The predicted molar refractivity (Wildman–Crippen MR) is 59.4 cm³/mol. The van der Waals surface area contributed by atoms with Crippen LogP contribution in [-0.4, -0.2) is 24.3 Å². The minimum atomic E-state index is -0.240. The van der Waals surface area contributed by atoms with Crippen LogP contribution < -0.4 is 4.74 Å². The van der Waals surface area contributed by atoms with E-state index < -0.39 is 0 Å². The van der Waals surface area contributed by atoms with E-state index in [-0.39, 0.29) is 17.1 Å². The van der Waals surface area contributed by atoms with E-state index in [1.54, 1.807) is 0 Å². The number of rotatable bonds is 4. The maximum absolute atomic E-state index is 11.3. The van der Waals surface area contributed by atoms with Gasteiger partial charge >= 0.3 is 0 Å². The predicted octanol–water partition coefficient (Wildman–Crippen LogP) is 1.57. The minimum Gasteiger partial charge on any atom is -0.508 e. The van der Waals surface area contributed by atoms with Gasteiger partial charge in [0.1, 0.15) is 17.8 Å². The smallest absolute Gasteiger partial charge is 0.160 e. The molecule has 0 spiro atoms.